The Morgan fingerprint density at radius 3 is 2.81 bits per heavy atom. The van der Waals surface area contributed by atoms with E-state index in [1.807, 2.05) is 49.4 Å². The summed E-state index contributed by atoms with van der Waals surface area (Å²) in [5.41, 5.74) is 2.63. The third-order valence-corrected chi connectivity index (χ3v) is 4.34. The number of hydrogen-bond acceptors (Lipinski definition) is 4. The number of carbonyl (C=O) groups is 1. The Balaban J connectivity index is 1.89. The Morgan fingerprint density at radius 2 is 2.05 bits per heavy atom. The second kappa shape index (κ2) is 5.66. The second-order valence-electron chi connectivity index (χ2n) is 4.88. The number of aryl methyl sites for hydroxylation is 1. The van der Waals surface area contributed by atoms with Crippen LogP contribution in [0.2, 0.25) is 0 Å². The number of ether oxygens (including phenoxy) is 1. The van der Waals surface area contributed by atoms with Gasteiger partial charge in [-0.1, -0.05) is 18.2 Å². The number of benzene rings is 2. The van der Waals surface area contributed by atoms with Gasteiger partial charge in [-0.3, -0.25) is 4.79 Å². The molecule has 0 unspecified atom stereocenters. The third kappa shape index (κ3) is 2.81. The molecule has 0 aliphatic carbocycles. The minimum absolute atomic E-state index is 0.0332. The van der Waals surface area contributed by atoms with Crippen molar-refractivity contribution < 1.29 is 9.53 Å². The van der Waals surface area contributed by atoms with E-state index in [1.165, 1.54) is 0 Å². The summed E-state index contributed by atoms with van der Waals surface area (Å²) in [6.45, 7) is 1.98. The lowest BCUT2D eigenvalue weighted by molar-refractivity contribution is 0.0990. The first kappa shape index (κ1) is 13.8. The Bertz CT molecular complexity index is 774. The van der Waals surface area contributed by atoms with Crippen LogP contribution in [0.4, 0.5) is 0 Å². The van der Waals surface area contributed by atoms with Gasteiger partial charge in [-0.2, -0.15) is 0 Å². The maximum Gasteiger partial charge on any atom is 0.173 e. The molecule has 0 aliphatic heterocycles. The van der Waals surface area contributed by atoms with Crippen molar-refractivity contribution >= 4 is 27.3 Å². The zero-order valence-electron chi connectivity index (χ0n) is 11.9. The number of fused-ring (bicyclic) bond motifs is 1. The summed E-state index contributed by atoms with van der Waals surface area (Å²) >= 11 is 1.56. The highest BCUT2D eigenvalue weighted by Crippen LogP contribution is 2.25. The molecule has 0 bridgehead atoms. The van der Waals surface area contributed by atoms with Crippen LogP contribution in [-0.2, 0) is 6.42 Å². The summed E-state index contributed by atoms with van der Waals surface area (Å²) < 4.78 is 6.41. The van der Waals surface area contributed by atoms with Gasteiger partial charge in [-0.25, -0.2) is 4.98 Å². The number of aromatic nitrogens is 1. The minimum Gasteiger partial charge on any atom is -0.496 e. The van der Waals surface area contributed by atoms with Gasteiger partial charge in [0.15, 0.2) is 5.78 Å². The van der Waals surface area contributed by atoms with Crippen molar-refractivity contribution in [3.05, 3.63) is 58.6 Å². The zero-order valence-corrected chi connectivity index (χ0v) is 12.7. The van der Waals surface area contributed by atoms with Crippen molar-refractivity contribution in [3.8, 4) is 5.75 Å². The van der Waals surface area contributed by atoms with Gasteiger partial charge in [0.1, 0.15) is 10.8 Å². The van der Waals surface area contributed by atoms with E-state index in [9.17, 15) is 4.79 Å². The summed E-state index contributed by atoms with van der Waals surface area (Å²) in [7, 11) is 1.59. The zero-order chi connectivity index (χ0) is 14.8. The Hall–Kier alpha value is -2.20. The van der Waals surface area contributed by atoms with Gasteiger partial charge in [0, 0.05) is 0 Å². The van der Waals surface area contributed by atoms with Crippen molar-refractivity contribution in [2.75, 3.05) is 7.11 Å². The van der Waals surface area contributed by atoms with Crippen molar-refractivity contribution in [2.45, 2.75) is 13.3 Å². The average molecular weight is 297 g/mol. The predicted octanol–water partition coefficient (Wildman–Crippen LogP) is 4.04. The monoisotopic (exact) mass is 297 g/mol. The molecule has 0 radical (unpaired) electrons. The predicted molar refractivity (Wildman–Crippen MR) is 85.4 cm³/mol. The molecule has 3 nitrogen and oxygen atoms in total. The summed E-state index contributed by atoms with van der Waals surface area (Å²) in [6.07, 6.45) is 0.304. The lowest BCUT2D eigenvalue weighted by Gasteiger charge is -2.07. The van der Waals surface area contributed by atoms with Crippen LogP contribution in [0.25, 0.3) is 10.2 Å². The highest BCUT2D eigenvalue weighted by Gasteiger charge is 2.15. The molecule has 0 saturated heterocycles. The fraction of sp³-hybridized carbons (Fsp3) is 0.176. The van der Waals surface area contributed by atoms with Crippen LogP contribution in [0.3, 0.4) is 0 Å². The number of thiazole rings is 1. The number of Topliss-reactive ketones (excluding diaryl/α,β-unsaturated/α-hetero) is 1. The molecular formula is C17H15NO2S. The van der Waals surface area contributed by atoms with Gasteiger partial charge in [0.2, 0.25) is 0 Å². The van der Waals surface area contributed by atoms with E-state index in [1.54, 1.807) is 18.4 Å². The van der Waals surface area contributed by atoms with Gasteiger partial charge in [0.25, 0.3) is 0 Å². The number of rotatable bonds is 4. The SMILES string of the molecule is COc1cc(C)ccc1C(=O)Cc1nc2ccccc2s1. The Labute approximate surface area is 127 Å². The van der Waals surface area contributed by atoms with Crippen LogP contribution in [0.1, 0.15) is 20.9 Å². The van der Waals surface area contributed by atoms with Crippen LogP contribution in [0.15, 0.2) is 42.5 Å². The number of nitrogens with zero attached hydrogens (tertiary/aromatic N) is 1. The molecular weight excluding hydrogens is 282 g/mol. The average Bonchev–Trinajstić information content (AvgIpc) is 2.88. The molecule has 1 aromatic heterocycles. The lowest BCUT2D eigenvalue weighted by Crippen LogP contribution is -2.05. The topological polar surface area (TPSA) is 39.2 Å². The number of methoxy groups -OCH3 is 1. The van der Waals surface area contributed by atoms with E-state index < -0.39 is 0 Å². The summed E-state index contributed by atoms with van der Waals surface area (Å²) in [6, 6.07) is 13.6. The first-order valence-corrected chi connectivity index (χ1v) is 7.51. The van der Waals surface area contributed by atoms with E-state index in [4.69, 9.17) is 4.74 Å². The molecule has 2 aromatic carbocycles. The van der Waals surface area contributed by atoms with E-state index in [-0.39, 0.29) is 5.78 Å². The van der Waals surface area contributed by atoms with Crippen LogP contribution >= 0.6 is 11.3 Å². The van der Waals surface area contributed by atoms with Crippen LogP contribution < -0.4 is 4.74 Å². The first-order chi connectivity index (χ1) is 10.2. The molecule has 0 N–H and O–H groups in total. The van der Waals surface area contributed by atoms with Crippen LogP contribution in [0, 0.1) is 6.92 Å². The van der Waals surface area contributed by atoms with E-state index in [0.717, 1.165) is 20.8 Å². The molecule has 106 valence electrons. The fourth-order valence-corrected chi connectivity index (χ4v) is 3.22. The second-order valence-corrected chi connectivity index (χ2v) is 5.99. The van der Waals surface area contributed by atoms with Crippen molar-refractivity contribution in [1.29, 1.82) is 0 Å². The highest BCUT2D eigenvalue weighted by atomic mass is 32.1. The Kier molecular flexibility index (Phi) is 3.71. The molecule has 0 saturated carbocycles. The van der Waals surface area contributed by atoms with E-state index in [0.29, 0.717) is 17.7 Å². The Morgan fingerprint density at radius 1 is 1.24 bits per heavy atom. The molecule has 0 spiro atoms. The molecule has 0 atom stereocenters. The lowest BCUT2D eigenvalue weighted by atomic mass is 10.1. The van der Waals surface area contributed by atoms with Gasteiger partial charge >= 0.3 is 0 Å². The molecule has 1 heterocycles. The smallest absolute Gasteiger partial charge is 0.173 e. The maximum absolute atomic E-state index is 12.5. The van der Waals surface area contributed by atoms with Crippen LogP contribution in [-0.4, -0.2) is 17.9 Å². The summed E-state index contributed by atoms with van der Waals surface area (Å²) in [5, 5.41) is 0.837. The van der Waals surface area contributed by atoms with Gasteiger partial charge in [-0.05, 0) is 36.8 Å². The van der Waals surface area contributed by atoms with Crippen molar-refractivity contribution in [1.82, 2.24) is 4.98 Å². The van der Waals surface area contributed by atoms with Gasteiger partial charge in [-0.15, -0.1) is 11.3 Å². The quantitative estimate of drug-likeness (QED) is 0.682. The standard InChI is InChI=1S/C17H15NO2S/c1-11-7-8-12(15(9-11)20-2)14(19)10-17-18-13-5-3-4-6-16(13)21-17/h3-9H,10H2,1-2H3. The number of carbonyl (C=O) groups excluding carboxylic acids is 1. The normalized spacial score (nSPS) is 10.8. The number of hydrogen-bond donors (Lipinski definition) is 0. The van der Waals surface area contributed by atoms with Crippen molar-refractivity contribution in [2.24, 2.45) is 0 Å². The molecule has 0 fully saturated rings. The molecule has 3 rings (SSSR count). The molecule has 0 aliphatic rings. The molecule has 3 aromatic rings. The first-order valence-electron chi connectivity index (χ1n) is 6.69. The van der Waals surface area contributed by atoms with Gasteiger partial charge < -0.3 is 4.74 Å². The molecule has 21 heavy (non-hydrogen) atoms. The maximum atomic E-state index is 12.5. The minimum atomic E-state index is 0.0332. The van der Waals surface area contributed by atoms with Crippen LogP contribution in [0.5, 0.6) is 5.75 Å². The third-order valence-electron chi connectivity index (χ3n) is 3.31. The summed E-state index contributed by atoms with van der Waals surface area (Å²) in [5.74, 6) is 0.659. The molecule has 4 heteroatoms. The largest absolute Gasteiger partial charge is 0.496 e. The number of para-hydroxylation sites is 1. The van der Waals surface area contributed by atoms with E-state index in [2.05, 4.69) is 4.98 Å². The fourth-order valence-electron chi connectivity index (χ4n) is 2.26. The summed E-state index contributed by atoms with van der Waals surface area (Å²) in [4.78, 5) is 17.0. The van der Waals surface area contributed by atoms with Gasteiger partial charge in [0.05, 0.1) is 29.3 Å². The highest BCUT2D eigenvalue weighted by molar-refractivity contribution is 7.18. The molecule has 0 amide bonds. The van der Waals surface area contributed by atoms with E-state index >= 15 is 0 Å². The van der Waals surface area contributed by atoms with Crippen molar-refractivity contribution in [3.63, 3.8) is 0 Å². The number of ketones is 1.